The number of halogens is 3. The second-order valence-corrected chi connectivity index (χ2v) is 12.9. The van der Waals surface area contributed by atoms with Crippen LogP contribution >= 0.6 is 23.2 Å². The minimum absolute atomic E-state index is 0.108. The standard InChI is InChI=1S/C26H31Cl2FN2O5S/c1-4-37(35,36)31-22(16-5-7-18(27)8-6-16)9-15(2)24-21(17-10-19(28)12-20(29)11-17)13-26(3,14-23(32)33)25(34)30-24/h5-8,10-12,15,21-22,24,31H,4,9,13-14H2,1-3H3,(H,30,34)(H,32,33)/t15?,21-,22+,24+,26+/m1/s1. The van der Waals surface area contributed by atoms with Crippen LogP contribution in [0.25, 0.3) is 0 Å². The highest BCUT2D eigenvalue weighted by Crippen LogP contribution is 2.44. The summed E-state index contributed by atoms with van der Waals surface area (Å²) in [5, 5.41) is 13.1. The van der Waals surface area contributed by atoms with Crippen molar-refractivity contribution < 1.29 is 27.5 Å². The number of nitrogens with one attached hydrogen (secondary N) is 2. The molecule has 0 spiro atoms. The Morgan fingerprint density at radius 3 is 2.43 bits per heavy atom. The molecule has 11 heteroatoms. The number of rotatable bonds is 10. The van der Waals surface area contributed by atoms with Crippen LogP contribution in [-0.4, -0.2) is 37.2 Å². The summed E-state index contributed by atoms with van der Waals surface area (Å²) < 4.78 is 42.0. The minimum Gasteiger partial charge on any atom is -0.481 e. The van der Waals surface area contributed by atoms with Gasteiger partial charge in [0.1, 0.15) is 5.82 Å². The summed E-state index contributed by atoms with van der Waals surface area (Å²) in [6.07, 6.45) is 0.0798. The van der Waals surface area contributed by atoms with Crippen LogP contribution in [-0.2, 0) is 19.6 Å². The first-order chi connectivity index (χ1) is 17.2. The average molecular weight is 574 g/mol. The van der Waals surface area contributed by atoms with Crippen molar-refractivity contribution >= 4 is 45.1 Å². The van der Waals surface area contributed by atoms with Gasteiger partial charge in [0, 0.05) is 28.0 Å². The molecule has 7 nitrogen and oxygen atoms in total. The number of hydrogen-bond acceptors (Lipinski definition) is 4. The van der Waals surface area contributed by atoms with Crippen molar-refractivity contribution in [3.8, 4) is 0 Å². The average Bonchev–Trinajstić information content (AvgIpc) is 2.79. The second kappa shape index (κ2) is 11.7. The van der Waals surface area contributed by atoms with E-state index in [9.17, 15) is 27.5 Å². The van der Waals surface area contributed by atoms with E-state index in [2.05, 4.69) is 10.0 Å². The van der Waals surface area contributed by atoms with E-state index >= 15 is 0 Å². The first-order valence-corrected chi connectivity index (χ1v) is 14.4. The van der Waals surface area contributed by atoms with E-state index in [0.717, 1.165) is 0 Å². The molecule has 3 N–H and O–H groups in total. The van der Waals surface area contributed by atoms with Gasteiger partial charge in [-0.25, -0.2) is 17.5 Å². The zero-order valence-corrected chi connectivity index (χ0v) is 23.1. The van der Waals surface area contributed by atoms with Gasteiger partial charge in [0.2, 0.25) is 15.9 Å². The molecular weight excluding hydrogens is 542 g/mol. The van der Waals surface area contributed by atoms with E-state index in [1.165, 1.54) is 12.1 Å². The maximum atomic E-state index is 14.3. The lowest BCUT2D eigenvalue weighted by atomic mass is 9.67. The third-order valence-electron chi connectivity index (χ3n) is 7.00. The molecule has 1 fully saturated rings. The normalized spacial score (nSPS) is 23.8. The van der Waals surface area contributed by atoms with Gasteiger partial charge in [-0.05, 0) is 67.1 Å². The highest BCUT2D eigenvalue weighted by atomic mass is 35.5. The Morgan fingerprint density at radius 1 is 1.22 bits per heavy atom. The number of aliphatic carboxylic acids is 1. The summed E-state index contributed by atoms with van der Waals surface area (Å²) in [7, 11) is -3.58. The number of carbonyl (C=O) groups excluding carboxylic acids is 1. The number of piperidine rings is 1. The molecule has 3 rings (SSSR count). The van der Waals surface area contributed by atoms with Crippen LogP contribution in [0, 0.1) is 17.2 Å². The van der Waals surface area contributed by atoms with E-state index in [1.807, 2.05) is 6.92 Å². The number of hydrogen-bond donors (Lipinski definition) is 3. The Hall–Kier alpha value is -2.20. The molecule has 0 saturated carbocycles. The van der Waals surface area contributed by atoms with Gasteiger partial charge < -0.3 is 10.4 Å². The number of carbonyl (C=O) groups is 2. The molecule has 5 atom stereocenters. The highest BCUT2D eigenvalue weighted by molar-refractivity contribution is 7.89. The van der Waals surface area contributed by atoms with Gasteiger partial charge in [-0.2, -0.15) is 0 Å². The number of sulfonamides is 1. The second-order valence-electron chi connectivity index (χ2n) is 9.98. The van der Waals surface area contributed by atoms with Gasteiger partial charge in [-0.3, -0.25) is 9.59 Å². The summed E-state index contributed by atoms with van der Waals surface area (Å²) >= 11 is 12.2. The maximum Gasteiger partial charge on any atom is 0.304 e. The van der Waals surface area contributed by atoms with E-state index < -0.39 is 51.1 Å². The van der Waals surface area contributed by atoms with Gasteiger partial charge in [0.15, 0.2) is 0 Å². The monoisotopic (exact) mass is 572 g/mol. The fourth-order valence-corrected chi connectivity index (χ4v) is 6.23. The SMILES string of the molecule is CCS(=O)(=O)N[C@@H](CC(C)[C@@H]1NC(=O)[C@](C)(CC(=O)O)C[C@@H]1c1cc(F)cc(Cl)c1)c1ccc(Cl)cc1. The Labute approximate surface area is 226 Å². The quantitative estimate of drug-likeness (QED) is 0.358. The summed E-state index contributed by atoms with van der Waals surface area (Å²) in [6, 6.07) is 9.81. The number of amides is 1. The molecule has 1 aliphatic heterocycles. The van der Waals surface area contributed by atoms with Crippen molar-refractivity contribution in [1.29, 1.82) is 0 Å². The van der Waals surface area contributed by atoms with Crippen LogP contribution in [0.5, 0.6) is 0 Å². The van der Waals surface area contributed by atoms with Crippen LogP contribution < -0.4 is 10.0 Å². The molecule has 1 heterocycles. The fraction of sp³-hybridized carbons (Fsp3) is 0.462. The van der Waals surface area contributed by atoms with Crippen molar-refractivity contribution in [3.05, 3.63) is 69.5 Å². The van der Waals surface area contributed by atoms with E-state index in [1.54, 1.807) is 44.2 Å². The zero-order valence-electron chi connectivity index (χ0n) is 20.8. The first kappa shape index (κ1) is 29.4. The van der Waals surface area contributed by atoms with Crippen LogP contribution in [0.1, 0.15) is 63.1 Å². The molecule has 1 amide bonds. The zero-order chi connectivity index (χ0) is 27.5. The molecule has 1 unspecified atom stereocenters. The fourth-order valence-electron chi connectivity index (χ4n) is 5.04. The highest BCUT2D eigenvalue weighted by Gasteiger charge is 2.47. The largest absolute Gasteiger partial charge is 0.481 e. The molecule has 2 aromatic carbocycles. The third-order valence-corrected chi connectivity index (χ3v) is 8.87. The molecule has 37 heavy (non-hydrogen) atoms. The summed E-state index contributed by atoms with van der Waals surface area (Å²) in [4.78, 5) is 24.7. The van der Waals surface area contributed by atoms with Gasteiger partial charge in [-0.15, -0.1) is 0 Å². The van der Waals surface area contributed by atoms with Crippen LogP contribution in [0.4, 0.5) is 4.39 Å². The molecular formula is C26H31Cl2FN2O5S. The first-order valence-electron chi connectivity index (χ1n) is 12.0. The smallest absolute Gasteiger partial charge is 0.304 e. The van der Waals surface area contributed by atoms with Crippen LogP contribution in [0.15, 0.2) is 42.5 Å². The lowest BCUT2D eigenvalue weighted by Crippen LogP contribution is -2.56. The Balaban J connectivity index is 1.99. The Bertz CT molecular complexity index is 1240. The molecule has 0 aliphatic carbocycles. The van der Waals surface area contributed by atoms with Crippen molar-refractivity contribution in [1.82, 2.24) is 10.0 Å². The van der Waals surface area contributed by atoms with Crippen molar-refractivity contribution in [2.45, 2.75) is 58.0 Å². The minimum atomic E-state index is -3.58. The predicted octanol–water partition coefficient (Wildman–Crippen LogP) is 5.29. The number of benzene rings is 2. The molecule has 1 aliphatic rings. The number of carboxylic acid groups (broad SMARTS) is 1. The molecule has 0 bridgehead atoms. The van der Waals surface area contributed by atoms with Gasteiger partial charge in [-0.1, -0.05) is 49.2 Å². The van der Waals surface area contributed by atoms with E-state index in [4.69, 9.17) is 23.2 Å². The van der Waals surface area contributed by atoms with Crippen molar-refractivity contribution in [2.75, 3.05) is 5.75 Å². The molecule has 0 radical (unpaired) electrons. The molecule has 1 saturated heterocycles. The van der Waals surface area contributed by atoms with Crippen LogP contribution in [0.2, 0.25) is 10.0 Å². The maximum absolute atomic E-state index is 14.3. The van der Waals surface area contributed by atoms with Crippen LogP contribution in [0.3, 0.4) is 0 Å². The lowest BCUT2D eigenvalue weighted by molar-refractivity contribution is -0.147. The molecule has 202 valence electrons. The predicted molar refractivity (Wildman–Crippen MR) is 142 cm³/mol. The van der Waals surface area contributed by atoms with E-state index in [0.29, 0.717) is 22.6 Å². The molecule has 0 aromatic heterocycles. The summed E-state index contributed by atoms with van der Waals surface area (Å²) in [5.41, 5.74) is 0.0253. The summed E-state index contributed by atoms with van der Waals surface area (Å²) in [5.74, 6) is -2.94. The Morgan fingerprint density at radius 2 is 1.86 bits per heavy atom. The Kier molecular flexibility index (Phi) is 9.27. The lowest BCUT2D eigenvalue weighted by Gasteiger charge is -2.45. The summed E-state index contributed by atoms with van der Waals surface area (Å²) in [6.45, 7) is 5.00. The van der Waals surface area contributed by atoms with Gasteiger partial charge in [0.25, 0.3) is 0 Å². The topological polar surface area (TPSA) is 113 Å². The third kappa shape index (κ3) is 7.44. The van der Waals surface area contributed by atoms with E-state index in [-0.39, 0.29) is 29.5 Å². The van der Waals surface area contributed by atoms with Gasteiger partial charge in [0.05, 0.1) is 17.6 Å². The number of carboxylic acids is 1. The van der Waals surface area contributed by atoms with Crippen molar-refractivity contribution in [3.63, 3.8) is 0 Å². The van der Waals surface area contributed by atoms with Crippen molar-refractivity contribution in [2.24, 2.45) is 11.3 Å². The molecule has 2 aromatic rings. The van der Waals surface area contributed by atoms with Gasteiger partial charge >= 0.3 is 5.97 Å².